The lowest BCUT2D eigenvalue weighted by molar-refractivity contribution is 0.385. The fraction of sp³-hybridized carbons (Fsp3) is 0.647. The highest BCUT2D eigenvalue weighted by atomic mass is 14.9. The minimum absolute atomic E-state index is 0.433. The first-order valence-corrected chi connectivity index (χ1v) is 7.26. The lowest BCUT2D eigenvalue weighted by Crippen LogP contribution is -2.30. The molecule has 0 heterocycles. The van der Waals surface area contributed by atoms with E-state index in [0.717, 1.165) is 5.92 Å². The molecule has 0 aliphatic heterocycles. The van der Waals surface area contributed by atoms with Gasteiger partial charge < -0.3 is 5.32 Å². The molecular formula is C17H29N. The zero-order valence-electron chi connectivity index (χ0n) is 12.9. The zero-order chi connectivity index (χ0) is 13.7. The highest BCUT2D eigenvalue weighted by Gasteiger charge is 2.12. The Morgan fingerprint density at radius 1 is 1.00 bits per heavy atom. The van der Waals surface area contributed by atoms with Gasteiger partial charge in [-0.1, -0.05) is 49.6 Å². The highest BCUT2D eigenvalue weighted by Crippen LogP contribution is 2.19. The molecule has 1 heteroatoms. The van der Waals surface area contributed by atoms with E-state index in [1.807, 2.05) is 0 Å². The van der Waals surface area contributed by atoms with Crippen LogP contribution in [0.5, 0.6) is 0 Å². The van der Waals surface area contributed by atoms with Crippen molar-refractivity contribution in [3.63, 3.8) is 0 Å². The quantitative estimate of drug-likeness (QED) is 0.763. The van der Waals surface area contributed by atoms with Crippen LogP contribution in [0.15, 0.2) is 18.2 Å². The monoisotopic (exact) mass is 247 g/mol. The van der Waals surface area contributed by atoms with Gasteiger partial charge in [0.25, 0.3) is 0 Å². The minimum atomic E-state index is 0.433. The summed E-state index contributed by atoms with van der Waals surface area (Å²) < 4.78 is 0. The van der Waals surface area contributed by atoms with E-state index in [1.165, 1.54) is 29.5 Å². The van der Waals surface area contributed by atoms with Crippen LogP contribution in [0.1, 0.15) is 63.3 Å². The lowest BCUT2D eigenvalue weighted by Gasteiger charge is -2.23. The number of hydrogen-bond donors (Lipinski definition) is 1. The Bertz CT molecular complexity index is 350. The number of hydrogen-bond acceptors (Lipinski definition) is 1. The Morgan fingerprint density at radius 2 is 1.56 bits per heavy atom. The van der Waals surface area contributed by atoms with E-state index in [1.54, 1.807) is 0 Å². The van der Waals surface area contributed by atoms with Crippen molar-refractivity contribution in [2.24, 2.45) is 5.92 Å². The summed E-state index contributed by atoms with van der Waals surface area (Å²) in [4.78, 5) is 0. The average Bonchev–Trinajstić information content (AvgIpc) is 2.27. The Balaban J connectivity index is 2.61. The van der Waals surface area contributed by atoms with Crippen LogP contribution in [0, 0.1) is 19.8 Å². The molecule has 0 aromatic heterocycles. The van der Waals surface area contributed by atoms with Gasteiger partial charge in [0.1, 0.15) is 0 Å². The zero-order valence-corrected chi connectivity index (χ0v) is 12.9. The second-order valence-corrected chi connectivity index (χ2v) is 5.96. The minimum Gasteiger partial charge on any atom is -0.308 e. The first-order chi connectivity index (χ1) is 8.42. The summed E-state index contributed by atoms with van der Waals surface area (Å²) in [6.45, 7) is 13.5. The maximum atomic E-state index is 3.72. The van der Waals surface area contributed by atoms with Crippen LogP contribution in [0.4, 0.5) is 0 Å². The van der Waals surface area contributed by atoms with E-state index >= 15 is 0 Å². The number of aryl methyl sites for hydroxylation is 2. The third-order valence-corrected chi connectivity index (χ3v) is 3.73. The third kappa shape index (κ3) is 4.81. The summed E-state index contributed by atoms with van der Waals surface area (Å²) in [5.41, 5.74) is 4.12. The van der Waals surface area contributed by atoms with Gasteiger partial charge in [0, 0.05) is 12.1 Å². The number of benzene rings is 1. The molecule has 3 atom stereocenters. The molecule has 102 valence electrons. The maximum absolute atomic E-state index is 3.72. The summed E-state index contributed by atoms with van der Waals surface area (Å²) in [7, 11) is 0. The molecule has 1 aromatic rings. The van der Waals surface area contributed by atoms with E-state index in [-0.39, 0.29) is 0 Å². The van der Waals surface area contributed by atoms with Gasteiger partial charge in [-0.3, -0.25) is 0 Å². The van der Waals surface area contributed by atoms with Crippen molar-refractivity contribution in [2.45, 2.75) is 66.5 Å². The molecule has 18 heavy (non-hydrogen) atoms. The smallest absolute Gasteiger partial charge is 0.0294 e. The fourth-order valence-electron chi connectivity index (χ4n) is 2.62. The van der Waals surface area contributed by atoms with Gasteiger partial charge in [0.05, 0.1) is 0 Å². The topological polar surface area (TPSA) is 12.0 Å². The Labute approximate surface area is 113 Å². The van der Waals surface area contributed by atoms with E-state index in [0.29, 0.717) is 12.1 Å². The summed E-state index contributed by atoms with van der Waals surface area (Å²) in [6, 6.07) is 7.83. The molecule has 0 radical (unpaired) electrons. The standard InChI is InChI=1S/C17H29N/c1-7-12(2)9-15(5)18-16(6)17-10-13(3)8-14(4)11-17/h8,10-12,15-16,18H,7,9H2,1-6H3. The second kappa shape index (κ2) is 6.94. The van der Waals surface area contributed by atoms with Crippen LogP contribution in [0.3, 0.4) is 0 Å². The van der Waals surface area contributed by atoms with Gasteiger partial charge in [-0.2, -0.15) is 0 Å². The molecule has 3 unspecified atom stereocenters. The van der Waals surface area contributed by atoms with E-state index in [4.69, 9.17) is 0 Å². The number of nitrogens with one attached hydrogen (secondary N) is 1. The molecule has 0 aliphatic carbocycles. The van der Waals surface area contributed by atoms with Crippen molar-refractivity contribution in [2.75, 3.05) is 0 Å². The van der Waals surface area contributed by atoms with Gasteiger partial charge in [-0.25, -0.2) is 0 Å². The SMILES string of the molecule is CCC(C)CC(C)NC(C)c1cc(C)cc(C)c1. The van der Waals surface area contributed by atoms with Crippen LogP contribution in [0.2, 0.25) is 0 Å². The van der Waals surface area contributed by atoms with Gasteiger partial charge in [0.2, 0.25) is 0 Å². The Hall–Kier alpha value is -0.820. The van der Waals surface area contributed by atoms with Crippen LogP contribution in [-0.2, 0) is 0 Å². The van der Waals surface area contributed by atoms with Gasteiger partial charge in [-0.05, 0) is 45.6 Å². The average molecular weight is 247 g/mol. The summed E-state index contributed by atoms with van der Waals surface area (Å²) in [5.74, 6) is 0.805. The van der Waals surface area contributed by atoms with E-state index in [9.17, 15) is 0 Å². The molecule has 0 saturated heterocycles. The highest BCUT2D eigenvalue weighted by molar-refractivity contribution is 5.30. The molecule has 0 amide bonds. The third-order valence-electron chi connectivity index (χ3n) is 3.73. The molecule has 1 N–H and O–H groups in total. The summed E-state index contributed by atoms with van der Waals surface area (Å²) in [5, 5.41) is 3.72. The van der Waals surface area contributed by atoms with Crippen molar-refractivity contribution in [3.05, 3.63) is 34.9 Å². The van der Waals surface area contributed by atoms with Crippen LogP contribution < -0.4 is 5.32 Å². The van der Waals surface area contributed by atoms with Gasteiger partial charge in [-0.15, -0.1) is 0 Å². The molecule has 1 aromatic carbocycles. The molecule has 1 rings (SSSR count). The van der Waals surface area contributed by atoms with E-state index < -0.39 is 0 Å². The maximum Gasteiger partial charge on any atom is 0.0294 e. The van der Waals surface area contributed by atoms with Crippen molar-refractivity contribution in [1.82, 2.24) is 5.32 Å². The van der Waals surface area contributed by atoms with Gasteiger partial charge >= 0.3 is 0 Å². The van der Waals surface area contributed by atoms with Crippen LogP contribution in [-0.4, -0.2) is 6.04 Å². The van der Waals surface area contributed by atoms with Crippen LogP contribution in [0.25, 0.3) is 0 Å². The number of rotatable bonds is 6. The molecule has 0 spiro atoms. The van der Waals surface area contributed by atoms with Crippen molar-refractivity contribution < 1.29 is 0 Å². The summed E-state index contributed by atoms with van der Waals surface area (Å²) >= 11 is 0. The fourth-order valence-corrected chi connectivity index (χ4v) is 2.62. The van der Waals surface area contributed by atoms with Crippen molar-refractivity contribution in [3.8, 4) is 0 Å². The van der Waals surface area contributed by atoms with Gasteiger partial charge in [0.15, 0.2) is 0 Å². The van der Waals surface area contributed by atoms with Crippen molar-refractivity contribution in [1.29, 1.82) is 0 Å². The molecule has 1 nitrogen and oxygen atoms in total. The summed E-state index contributed by atoms with van der Waals surface area (Å²) in [6.07, 6.45) is 2.52. The Kier molecular flexibility index (Phi) is 5.87. The lowest BCUT2D eigenvalue weighted by atomic mass is 9.98. The normalized spacial score (nSPS) is 16.3. The molecular weight excluding hydrogens is 218 g/mol. The predicted molar refractivity (Wildman–Crippen MR) is 81.0 cm³/mol. The van der Waals surface area contributed by atoms with Crippen LogP contribution >= 0.6 is 0 Å². The van der Waals surface area contributed by atoms with Crippen molar-refractivity contribution >= 4 is 0 Å². The first-order valence-electron chi connectivity index (χ1n) is 7.26. The molecule has 0 saturated carbocycles. The van der Waals surface area contributed by atoms with E-state index in [2.05, 4.69) is 65.1 Å². The molecule has 0 aliphatic rings. The second-order valence-electron chi connectivity index (χ2n) is 5.96. The predicted octanol–water partition coefficient (Wildman–Crippen LogP) is 4.78. The Morgan fingerprint density at radius 3 is 2.06 bits per heavy atom. The first kappa shape index (κ1) is 15.2. The largest absolute Gasteiger partial charge is 0.308 e. The molecule has 0 bridgehead atoms. The molecule has 0 fully saturated rings.